The summed E-state index contributed by atoms with van der Waals surface area (Å²) in [5, 5.41) is 7.40. The number of aryl methyl sites for hydroxylation is 2. The maximum absolute atomic E-state index is 11.7. The van der Waals surface area contributed by atoms with Crippen LogP contribution in [0.25, 0.3) is 0 Å². The molecule has 1 heterocycles. The Kier molecular flexibility index (Phi) is 4.39. The fraction of sp³-hybridized carbons (Fsp3) is 0.385. The molecule has 0 bridgehead atoms. The molecule has 0 aliphatic carbocycles. The summed E-state index contributed by atoms with van der Waals surface area (Å²) < 4.78 is 24.9. The Morgan fingerprint density at radius 1 is 1.25 bits per heavy atom. The monoisotopic (exact) mass is 294 g/mol. The predicted molar refractivity (Wildman–Crippen MR) is 76.9 cm³/mol. The highest BCUT2D eigenvalue weighted by atomic mass is 32.2. The fourth-order valence-corrected chi connectivity index (χ4v) is 2.76. The average molecular weight is 294 g/mol. The first-order chi connectivity index (χ1) is 9.54. The molecule has 2 aromatic rings. The van der Waals surface area contributed by atoms with Crippen LogP contribution in [0.3, 0.4) is 0 Å². The fourth-order valence-electron chi connectivity index (χ4n) is 1.91. The van der Waals surface area contributed by atoms with E-state index in [0.717, 1.165) is 12.8 Å². The number of hydrogen-bond acceptors (Lipinski definition) is 5. The maximum atomic E-state index is 11.7. The van der Waals surface area contributed by atoms with Crippen molar-refractivity contribution in [3.8, 4) is 0 Å². The molecule has 0 atom stereocenters. The Balaban J connectivity index is 2.01. The van der Waals surface area contributed by atoms with Crippen LogP contribution in [0, 0.1) is 0 Å². The van der Waals surface area contributed by atoms with E-state index in [2.05, 4.69) is 22.4 Å². The number of nitrogens with two attached hydrogens (primary N) is 1. The van der Waals surface area contributed by atoms with Gasteiger partial charge in [0.05, 0.1) is 5.75 Å². The molecular weight excluding hydrogens is 276 g/mol. The largest absolute Gasteiger partial charge is 0.381 e. The van der Waals surface area contributed by atoms with E-state index >= 15 is 0 Å². The van der Waals surface area contributed by atoms with Gasteiger partial charge in [0.25, 0.3) is 0 Å². The number of hydrogen-bond donors (Lipinski definition) is 1. The van der Waals surface area contributed by atoms with Crippen molar-refractivity contribution in [1.29, 1.82) is 0 Å². The van der Waals surface area contributed by atoms with Gasteiger partial charge in [-0.05, 0) is 18.4 Å². The van der Waals surface area contributed by atoms with Crippen molar-refractivity contribution in [1.82, 2.24) is 15.0 Å². The van der Waals surface area contributed by atoms with Gasteiger partial charge in [-0.3, -0.25) is 0 Å². The van der Waals surface area contributed by atoms with E-state index in [-0.39, 0.29) is 16.6 Å². The minimum absolute atomic E-state index is 0.0279. The van der Waals surface area contributed by atoms with Gasteiger partial charge in [0.15, 0.2) is 5.82 Å². The van der Waals surface area contributed by atoms with Gasteiger partial charge in [0.1, 0.15) is 0 Å². The summed E-state index contributed by atoms with van der Waals surface area (Å²) >= 11 is 0. The van der Waals surface area contributed by atoms with Crippen LogP contribution >= 0.6 is 0 Å². The summed E-state index contributed by atoms with van der Waals surface area (Å²) in [5.41, 5.74) is 7.03. The van der Waals surface area contributed by atoms with Crippen LogP contribution in [-0.2, 0) is 22.8 Å². The van der Waals surface area contributed by atoms with Crippen molar-refractivity contribution in [2.24, 2.45) is 0 Å². The van der Waals surface area contributed by atoms with Crippen LogP contribution in [0.2, 0.25) is 0 Å². The van der Waals surface area contributed by atoms with Gasteiger partial charge in [0, 0.05) is 6.54 Å². The molecule has 1 aromatic carbocycles. The molecule has 0 unspecified atom stereocenters. The number of anilines is 1. The smallest absolute Gasteiger partial charge is 0.220 e. The standard InChI is InChI=1S/C13H18N4O2S/c1-2-20(18,19)13-12(14)17(16-15-13)10-6-9-11-7-4-3-5-8-11/h3-5,7-8H,2,6,9-10,14H2,1H3. The molecule has 0 amide bonds. The van der Waals surface area contributed by atoms with E-state index in [1.807, 2.05) is 18.2 Å². The lowest BCUT2D eigenvalue weighted by molar-refractivity contribution is 0.564. The summed E-state index contributed by atoms with van der Waals surface area (Å²) in [4.78, 5) is 0. The molecule has 0 saturated carbocycles. The third-order valence-corrected chi connectivity index (χ3v) is 4.73. The zero-order chi connectivity index (χ0) is 14.6. The summed E-state index contributed by atoms with van der Waals surface area (Å²) in [6, 6.07) is 10.1. The van der Waals surface area contributed by atoms with Crippen molar-refractivity contribution in [2.45, 2.75) is 31.3 Å². The van der Waals surface area contributed by atoms with Crippen LogP contribution in [0.5, 0.6) is 0 Å². The highest BCUT2D eigenvalue weighted by Crippen LogP contribution is 2.16. The van der Waals surface area contributed by atoms with E-state index in [1.165, 1.54) is 10.2 Å². The van der Waals surface area contributed by atoms with Gasteiger partial charge < -0.3 is 5.73 Å². The van der Waals surface area contributed by atoms with Gasteiger partial charge in [-0.15, -0.1) is 5.10 Å². The first kappa shape index (κ1) is 14.5. The van der Waals surface area contributed by atoms with E-state index < -0.39 is 9.84 Å². The van der Waals surface area contributed by atoms with E-state index in [4.69, 9.17) is 5.73 Å². The van der Waals surface area contributed by atoms with Crippen LogP contribution < -0.4 is 5.73 Å². The zero-order valence-electron chi connectivity index (χ0n) is 11.4. The number of nitrogen functional groups attached to an aromatic ring is 1. The molecule has 20 heavy (non-hydrogen) atoms. The number of nitrogens with zero attached hydrogens (tertiary/aromatic N) is 3. The Labute approximate surface area is 118 Å². The molecule has 0 aliphatic rings. The number of rotatable bonds is 6. The first-order valence-corrected chi connectivity index (χ1v) is 8.15. The van der Waals surface area contributed by atoms with Gasteiger partial charge in [0.2, 0.25) is 14.9 Å². The quantitative estimate of drug-likeness (QED) is 0.866. The van der Waals surface area contributed by atoms with Crippen LogP contribution in [0.15, 0.2) is 35.4 Å². The number of benzene rings is 1. The molecule has 0 radical (unpaired) electrons. The summed E-state index contributed by atoms with van der Waals surface area (Å²) in [6.45, 7) is 2.11. The lowest BCUT2D eigenvalue weighted by atomic mass is 10.1. The van der Waals surface area contributed by atoms with Crippen molar-refractivity contribution >= 4 is 15.7 Å². The summed E-state index contributed by atoms with van der Waals surface area (Å²) in [5.74, 6) is 0.0970. The molecule has 7 heteroatoms. The molecule has 0 aliphatic heterocycles. The lowest BCUT2D eigenvalue weighted by Gasteiger charge is -2.04. The summed E-state index contributed by atoms with van der Waals surface area (Å²) in [6.07, 6.45) is 1.71. The number of aromatic nitrogens is 3. The minimum atomic E-state index is -3.40. The predicted octanol–water partition coefficient (Wildman–Crippen LogP) is 1.29. The Morgan fingerprint density at radius 3 is 2.60 bits per heavy atom. The Hall–Kier alpha value is -1.89. The molecule has 0 fully saturated rings. The van der Waals surface area contributed by atoms with Gasteiger partial charge in [-0.2, -0.15) is 0 Å². The second-order valence-electron chi connectivity index (χ2n) is 4.50. The maximum Gasteiger partial charge on any atom is 0.220 e. The van der Waals surface area contributed by atoms with Gasteiger partial charge >= 0.3 is 0 Å². The molecule has 0 spiro atoms. The van der Waals surface area contributed by atoms with E-state index in [1.54, 1.807) is 6.92 Å². The third kappa shape index (κ3) is 3.16. The number of sulfone groups is 1. The topological polar surface area (TPSA) is 90.9 Å². The SMILES string of the molecule is CCS(=O)(=O)c1nnn(CCCc2ccccc2)c1N. The molecule has 2 N–H and O–H groups in total. The average Bonchev–Trinajstić information content (AvgIpc) is 2.82. The van der Waals surface area contributed by atoms with Crippen molar-refractivity contribution < 1.29 is 8.42 Å². The van der Waals surface area contributed by atoms with Gasteiger partial charge in [-0.25, -0.2) is 13.1 Å². The molecule has 6 nitrogen and oxygen atoms in total. The Bertz CT molecular complexity index is 665. The van der Waals surface area contributed by atoms with Crippen LogP contribution in [0.4, 0.5) is 5.82 Å². The minimum Gasteiger partial charge on any atom is -0.381 e. The Morgan fingerprint density at radius 2 is 1.95 bits per heavy atom. The molecule has 1 aromatic heterocycles. The zero-order valence-corrected chi connectivity index (χ0v) is 12.2. The van der Waals surface area contributed by atoms with Crippen LogP contribution in [-0.4, -0.2) is 29.2 Å². The molecular formula is C13H18N4O2S. The van der Waals surface area contributed by atoms with Crippen molar-refractivity contribution in [3.05, 3.63) is 35.9 Å². The lowest BCUT2D eigenvalue weighted by Crippen LogP contribution is -2.10. The van der Waals surface area contributed by atoms with Crippen molar-refractivity contribution in [2.75, 3.05) is 11.5 Å². The van der Waals surface area contributed by atoms with Gasteiger partial charge in [-0.1, -0.05) is 42.5 Å². The second-order valence-corrected chi connectivity index (χ2v) is 6.69. The van der Waals surface area contributed by atoms with Crippen LogP contribution in [0.1, 0.15) is 18.9 Å². The molecule has 2 rings (SSSR count). The van der Waals surface area contributed by atoms with E-state index in [0.29, 0.717) is 6.54 Å². The van der Waals surface area contributed by atoms with E-state index in [9.17, 15) is 8.42 Å². The van der Waals surface area contributed by atoms with Crippen molar-refractivity contribution in [3.63, 3.8) is 0 Å². The second kappa shape index (κ2) is 6.04. The summed E-state index contributed by atoms with van der Waals surface area (Å²) in [7, 11) is -3.40. The molecule has 108 valence electrons. The highest BCUT2D eigenvalue weighted by Gasteiger charge is 2.21. The normalized spacial score (nSPS) is 11.7. The third-order valence-electron chi connectivity index (χ3n) is 3.09. The first-order valence-electron chi connectivity index (χ1n) is 6.50. The molecule has 0 saturated heterocycles. The highest BCUT2D eigenvalue weighted by molar-refractivity contribution is 7.91.